The molecule has 2 N–H and O–H groups in total. The fourth-order valence-electron chi connectivity index (χ4n) is 5.75. The molecule has 4 heteroatoms. The third-order valence-corrected chi connectivity index (χ3v) is 8.06. The van der Waals surface area contributed by atoms with Crippen LogP contribution < -0.4 is 0 Å². The third-order valence-electron chi connectivity index (χ3n) is 6.97. The van der Waals surface area contributed by atoms with E-state index in [2.05, 4.69) is 28.9 Å². The van der Waals surface area contributed by atoms with Crippen molar-refractivity contribution in [2.24, 2.45) is 17.3 Å². The number of hydrogen-bond donors (Lipinski definition) is 2. The molecule has 0 saturated heterocycles. The highest BCUT2D eigenvalue weighted by Crippen LogP contribution is 2.63. The van der Waals surface area contributed by atoms with Crippen molar-refractivity contribution < 1.29 is 14.9 Å². The number of alkyl halides is 1. The van der Waals surface area contributed by atoms with Crippen molar-refractivity contribution in [2.75, 3.05) is 7.11 Å². The van der Waals surface area contributed by atoms with Crippen LogP contribution in [0.3, 0.4) is 0 Å². The second-order valence-electron chi connectivity index (χ2n) is 7.84. The highest BCUT2D eigenvalue weighted by atomic mass is 79.9. The minimum Gasteiger partial charge on any atom is -0.508 e. The lowest BCUT2D eigenvalue weighted by Crippen LogP contribution is -2.48. The predicted molar refractivity (Wildman–Crippen MR) is 92.9 cm³/mol. The molecule has 1 aromatic carbocycles. The van der Waals surface area contributed by atoms with Crippen LogP contribution in [0.2, 0.25) is 0 Å². The molecule has 2 saturated carbocycles. The highest BCUT2D eigenvalue weighted by molar-refractivity contribution is 9.09. The molecule has 0 aromatic heterocycles. The van der Waals surface area contributed by atoms with Crippen LogP contribution in [0.5, 0.6) is 5.75 Å². The summed E-state index contributed by atoms with van der Waals surface area (Å²) in [5.74, 6) is 1.80. The lowest BCUT2D eigenvalue weighted by Gasteiger charge is -2.53. The fourth-order valence-corrected chi connectivity index (χ4v) is 6.99. The van der Waals surface area contributed by atoms with Gasteiger partial charge in [0.05, 0.1) is 12.2 Å². The molecular weight excluding hydrogens is 356 g/mol. The van der Waals surface area contributed by atoms with Crippen LogP contribution in [-0.2, 0) is 4.74 Å². The fraction of sp³-hybridized carbons (Fsp3) is 0.684. The molecule has 0 radical (unpaired) electrons. The van der Waals surface area contributed by atoms with Gasteiger partial charge in [0.25, 0.3) is 0 Å². The molecule has 1 aromatic rings. The van der Waals surface area contributed by atoms with Gasteiger partial charge in [0.2, 0.25) is 0 Å². The average molecular weight is 381 g/mol. The summed E-state index contributed by atoms with van der Waals surface area (Å²) in [6.07, 6.45) is 3.99. The van der Waals surface area contributed by atoms with Crippen molar-refractivity contribution in [1.29, 1.82) is 0 Å². The van der Waals surface area contributed by atoms with E-state index in [0.717, 1.165) is 31.2 Å². The largest absolute Gasteiger partial charge is 0.508 e. The molecule has 3 aliphatic carbocycles. The van der Waals surface area contributed by atoms with Gasteiger partial charge in [0, 0.05) is 11.9 Å². The van der Waals surface area contributed by atoms with Crippen molar-refractivity contribution in [3.63, 3.8) is 0 Å². The molecule has 23 heavy (non-hydrogen) atoms. The van der Waals surface area contributed by atoms with Crippen molar-refractivity contribution >= 4 is 15.9 Å². The van der Waals surface area contributed by atoms with Crippen LogP contribution in [0, 0.1) is 17.3 Å². The molecule has 2 fully saturated rings. The SMILES string of the molecule is COC1c2cc(O)ccc2[C@H]2CC[C@]3(C)[C@@H](O)CC[C@H]3[C@@H]2C1Br. The van der Waals surface area contributed by atoms with E-state index in [9.17, 15) is 10.2 Å². The molecule has 0 heterocycles. The van der Waals surface area contributed by atoms with Gasteiger partial charge >= 0.3 is 0 Å². The number of benzene rings is 1. The maximum Gasteiger partial charge on any atom is 0.115 e. The Hall–Kier alpha value is -0.580. The molecule has 3 aliphatic rings. The zero-order chi connectivity index (χ0) is 16.4. The first-order valence-electron chi connectivity index (χ1n) is 8.65. The highest BCUT2D eigenvalue weighted by Gasteiger charge is 2.58. The summed E-state index contributed by atoms with van der Waals surface area (Å²) in [4.78, 5) is 0.224. The van der Waals surface area contributed by atoms with E-state index in [0.29, 0.717) is 23.5 Å². The smallest absolute Gasteiger partial charge is 0.115 e. The second-order valence-corrected chi connectivity index (χ2v) is 8.90. The van der Waals surface area contributed by atoms with Gasteiger partial charge in [-0.2, -0.15) is 0 Å². The number of aromatic hydroxyl groups is 1. The van der Waals surface area contributed by atoms with Gasteiger partial charge < -0.3 is 14.9 Å². The zero-order valence-electron chi connectivity index (χ0n) is 13.7. The van der Waals surface area contributed by atoms with Gasteiger partial charge in [-0.05, 0) is 72.1 Å². The van der Waals surface area contributed by atoms with Crippen molar-refractivity contribution in [1.82, 2.24) is 0 Å². The van der Waals surface area contributed by atoms with Crippen LogP contribution in [-0.4, -0.2) is 28.3 Å². The van der Waals surface area contributed by atoms with E-state index in [1.807, 2.05) is 6.07 Å². The van der Waals surface area contributed by atoms with E-state index in [4.69, 9.17) is 4.74 Å². The molecule has 0 amide bonds. The first-order valence-corrected chi connectivity index (χ1v) is 9.56. The number of halogens is 1. The van der Waals surface area contributed by atoms with Gasteiger partial charge in [-0.15, -0.1) is 0 Å². The molecule has 7 atom stereocenters. The number of rotatable bonds is 1. The first kappa shape index (κ1) is 15.9. The Bertz CT molecular complexity index is 619. The number of ether oxygens (including phenoxy) is 1. The topological polar surface area (TPSA) is 49.7 Å². The maximum atomic E-state index is 10.5. The van der Waals surface area contributed by atoms with E-state index >= 15 is 0 Å². The molecule has 2 unspecified atom stereocenters. The summed E-state index contributed by atoms with van der Waals surface area (Å²) in [5, 5.41) is 20.4. The Morgan fingerprint density at radius 3 is 2.74 bits per heavy atom. The zero-order valence-corrected chi connectivity index (χ0v) is 15.3. The van der Waals surface area contributed by atoms with Gasteiger partial charge in [-0.1, -0.05) is 28.9 Å². The standard InChI is InChI=1S/C19H25BrO3/c1-19-8-7-12-11-4-3-10(21)9-13(11)18(23-2)17(20)16(12)14(19)5-6-15(19)22/h3-4,9,12,14-18,21-22H,5-8H2,1-2H3/t12-,14+,15+,16-,17?,18?,19+/m1/s1. The van der Waals surface area contributed by atoms with Crippen molar-refractivity contribution in [2.45, 2.75) is 55.6 Å². The van der Waals surface area contributed by atoms with Crippen molar-refractivity contribution in [3.8, 4) is 5.75 Å². The van der Waals surface area contributed by atoms with Gasteiger partial charge in [-0.25, -0.2) is 0 Å². The monoisotopic (exact) mass is 380 g/mol. The second kappa shape index (κ2) is 5.47. The van der Waals surface area contributed by atoms with Crippen LogP contribution in [0.4, 0.5) is 0 Å². The van der Waals surface area contributed by atoms with E-state index in [-0.39, 0.29) is 22.5 Å². The Morgan fingerprint density at radius 1 is 1.22 bits per heavy atom. The number of aliphatic hydroxyl groups excluding tert-OH is 1. The number of phenols is 1. The lowest BCUT2D eigenvalue weighted by atomic mass is 9.55. The van der Waals surface area contributed by atoms with Gasteiger partial charge in [0.15, 0.2) is 0 Å². The minimum atomic E-state index is -0.171. The number of hydrogen-bond acceptors (Lipinski definition) is 3. The Labute approximate surface area is 146 Å². The van der Waals surface area contributed by atoms with Crippen molar-refractivity contribution in [3.05, 3.63) is 29.3 Å². The Kier molecular flexibility index (Phi) is 3.78. The number of phenolic OH excluding ortho intramolecular Hbond substituents is 1. The Balaban J connectivity index is 1.81. The molecule has 0 spiro atoms. The first-order chi connectivity index (χ1) is 11.0. The molecule has 3 nitrogen and oxygen atoms in total. The Morgan fingerprint density at radius 2 is 2.00 bits per heavy atom. The van der Waals surface area contributed by atoms with Gasteiger partial charge in [-0.3, -0.25) is 0 Å². The summed E-state index contributed by atoms with van der Waals surface area (Å²) in [6, 6.07) is 5.75. The summed E-state index contributed by atoms with van der Waals surface area (Å²) >= 11 is 3.94. The number of aliphatic hydroxyl groups is 1. The van der Waals surface area contributed by atoms with Crippen LogP contribution in [0.1, 0.15) is 55.8 Å². The lowest BCUT2D eigenvalue weighted by molar-refractivity contribution is -0.0385. The predicted octanol–water partition coefficient (Wildman–Crippen LogP) is 4.13. The van der Waals surface area contributed by atoms with Gasteiger partial charge in [0.1, 0.15) is 5.75 Å². The summed E-state index contributed by atoms with van der Waals surface area (Å²) in [6.45, 7) is 2.28. The van der Waals surface area contributed by atoms with E-state index in [1.54, 1.807) is 13.2 Å². The maximum absolute atomic E-state index is 10.5. The average Bonchev–Trinajstić information content (AvgIpc) is 2.83. The summed E-state index contributed by atoms with van der Waals surface area (Å²) in [5.41, 5.74) is 2.50. The number of methoxy groups -OCH3 is 1. The van der Waals surface area contributed by atoms with E-state index in [1.165, 1.54) is 5.56 Å². The molecule has 0 aliphatic heterocycles. The third kappa shape index (κ3) is 2.14. The normalized spacial score (nSPS) is 45.2. The molecular formula is C19H25BrO3. The van der Waals surface area contributed by atoms with Crippen LogP contribution in [0.25, 0.3) is 0 Å². The molecule has 4 rings (SSSR count). The van der Waals surface area contributed by atoms with Crippen LogP contribution >= 0.6 is 15.9 Å². The quantitative estimate of drug-likeness (QED) is 0.720. The minimum absolute atomic E-state index is 0.0416. The summed E-state index contributed by atoms with van der Waals surface area (Å²) in [7, 11) is 1.75. The number of fused-ring (bicyclic) bond motifs is 5. The molecule has 126 valence electrons. The van der Waals surface area contributed by atoms with Crippen LogP contribution in [0.15, 0.2) is 18.2 Å². The summed E-state index contributed by atoms with van der Waals surface area (Å²) < 4.78 is 5.82. The molecule has 0 bridgehead atoms. The van der Waals surface area contributed by atoms with E-state index < -0.39 is 0 Å².